The SMILES string of the molecule is CC(C)COCC(CS(=O)(=O)Cl)C1CC1. The third-order valence-electron chi connectivity index (χ3n) is 2.48. The average Bonchev–Trinajstić information content (AvgIpc) is 2.81. The zero-order valence-electron chi connectivity index (χ0n) is 9.28. The lowest BCUT2D eigenvalue weighted by Crippen LogP contribution is -2.21. The van der Waals surface area contributed by atoms with Gasteiger partial charge in [0.15, 0.2) is 0 Å². The molecule has 0 radical (unpaired) electrons. The second-order valence-corrected chi connectivity index (χ2v) is 7.56. The van der Waals surface area contributed by atoms with Crippen LogP contribution in [0.3, 0.4) is 0 Å². The molecule has 0 N–H and O–H groups in total. The molecule has 0 aromatic carbocycles. The van der Waals surface area contributed by atoms with Crippen LogP contribution in [0.1, 0.15) is 26.7 Å². The molecular weight excluding hydrogens is 236 g/mol. The molecule has 1 aliphatic rings. The van der Waals surface area contributed by atoms with Crippen molar-refractivity contribution in [2.24, 2.45) is 17.8 Å². The summed E-state index contributed by atoms with van der Waals surface area (Å²) in [5.74, 6) is 1.13. The summed E-state index contributed by atoms with van der Waals surface area (Å²) in [4.78, 5) is 0. The monoisotopic (exact) mass is 254 g/mol. The van der Waals surface area contributed by atoms with Crippen molar-refractivity contribution >= 4 is 19.7 Å². The molecule has 1 fully saturated rings. The highest BCUT2D eigenvalue weighted by molar-refractivity contribution is 8.13. The van der Waals surface area contributed by atoms with E-state index < -0.39 is 9.05 Å². The minimum Gasteiger partial charge on any atom is -0.381 e. The van der Waals surface area contributed by atoms with E-state index in [1.807, 2.05) is 0 Å². The standard InChI is InChI=1S/C10H19ClO3S/c1-8(2)5-14-6-10(9-3-4-9)7-15(11,12)13/h8-10H,3-7H2,1-2H3. The summed E-state index contributed by atoms with van der Waals surface area (Å²) in [6.45, 7) is 5.36. The van der Waals surface area contributed by atoms with Crippen molar-refractivity contribution < 1.29 is 13.2 Å². The van der Waals surface area contributed by atoms with Crippen molar-refractivity contribution in [2.75, 3.05) is 19.0 Å². The summed E-state index contributed by atoms with van der Waals surface area (Å²) in [7, 11) is 1.87. The van der Waals surface area contributed by atoms with Crippen molar-refractivity contribution in [3.63, 3.8) is 0 Å². The summed E-state index contributed by atoms with van der Waals surface area (Å²) < 4.78 is 27.4. The van der Waals surface area contributed by atoms with E-state index in [2.05, 4.69) is 13.8 Å². The molecule has 1 atom stereocenters. The molecule has 0 amide bonds. The predicted octanol–water partition coefficient (Wildman–Crippen LogP) is 2.25. The van der Waals surface area contributed by atoms with Gasteiger partial charge < -0.3 is 4.74 Å². The maximum absolute atomic E-state index is 11.0. The molecule has 0 heterocycles. The van der Waals surface area contributed by atoms with Crippen molar-refractivity contribution in [3.8, 4) is 0 Å². The molecule has 0 aromatic heterocycles. The van der Waals surface area contributed by atoms with Gasteiger partial charge in [-0.25, -0.2) is 8.42 Å². The van der Waals surface area contributed by atoms with Crippen LogP contribution in [0.25, 0.3) is 0 Å². The van der Waals surface area contributed by atoms with Gasteiger partial charge in [-0.1, -0.05) is 13.8 Å². The van der Waals surface area contributed by atoms with E-state index in [4.69, 9.17) is 15.4 Å². The minimum atomic E-state index is -3.39. The largest absolute Gasteiger partial charge is 0.381 e. The molecule has 15 heavy (non-hydrogen) atoms. The van der Waals surface area contributed by atoms with Gasteiger partial charge in [0, 0.05) is 23.2 Å². The summed E-state index contributed by atoms with van der Waals surface area (Å²) in [5, 5.41) is 0. The fourth-order valence-electron chi connectivity index (χ4n) is 1.60. The van der Waals surface area contributed by atoms with Crippen molar-refractivity contribution in [1.29, 1.82) is 0 Å². The van der Waals surface area contributed by atoms with E-state index in [0.717, 1.165) is 12.8 Å². The summed E-state index contributed by atoms with van der Waals surface area (Å²) in [6, 6.07) is 0. The zero-order chi connectivity index (χ0) is 11.5. The minimum absolute atomic E-state index is 0.0529. The first-order valence-corrected chi connectivity index (χ1v) is 7.86. The Balaban J connectivity index is 2.31. The Morgan fingerprint density at radius 3 is 2.33 bits per heavy atom. The summed E-state index contributed by atoms with van der Waals surface area (Å²) in [5.41, 5.74) is 0. The van der Waals surface area contributed by atoms with Gasteiger partial charge in [0.05, 0.1) is 12.4 Å². The summed E-state index contributed by atoms with van der Waals surface area (Å²) in [6.07, 6.45) is 2.23. The maximum Gasteiger partial charge on any atom is 0.232 e. The van der Waals surface area contributed by atoms with Crippen LogP contribution in [-0.2, 0) is 13.8 Å². The number of halogens is 1. The number of rotatable bonds is 7. The molecule has 0 spiro atoms. The lowest BCUT2D eigenvalue weighted by atomic mass is 10.1. The Morgan fingerprint density at radius 2 is 1.93 bits per heavy atom. The van der Waals surface area contributed by atoms with Gasteiger partial charge in [-0.2, -0.15) is 0 Å². The topological polar surface area (TPSA) is 43.4 Å². The first-order valence-electron chi connectivity index (χ1n) is 5.38. The van der Waals surface area contributed by atoms with Crippen LogP contribution in [0.2, 0.25) is 0 Å². The molecule has 0 saturated heterocycles. The Kier molecular flexibility index (Phi) is 4.87. The Labute approximate surface area is 96.6 Å². The van der Waals surface area contributed by atoms with E-state index >= 15 is 0 Å². The molecule has 0 aliphatic heterocycles. The third-order valence-corrected chi connectivity index (χ3v) is 3.69. The van der Waals surface area contributed by atoms with Gasteiger partial charge in [-0.15, -0.1) is 0 Å². The quantitative estimate of drug-likeness (QED) is 0.655. The zero-order valence-corrected chi connectivity index (χ0v) is 10.9. The lowest BCUT2D eigenvalue weighted by Gasteiger charge is -2.15. The van der Waals surface area contributed by atoms with Crippen LogP contribution in [0.5, 0.6) is 0 Å². The smallest absolute Gasteiger partial charge is 0.232 e. The highest BCUT2D eigenvalue weighted by Gasteiger charge is 2.34. The van der Waals surface area contributed by atoms with Crippen molar-refractivity contribution in [3.05, 3.63) is 0 Å². The molecule has 5 heteroatoms. The second kappa shape index (κ2) is 5.51. The first-order chi connectivity index (χ1) is 6.88. The maximum atomic E-state index is 11.0. The Bertz CT molecular complexity index is 283. The average molecular weight is 255 g/mol. The van der Waals surface area contributed by atoms with E-state index in [-0.39, 0.29) is 11.7 Å². The van der Waals surface area contributed by atoms with Crippen LogP contribution in [0.15, 0.2) is 0 Å². The molecule has 3 nitrogen and oxygen atoms in total. The molecule has 90 valence electrons. The molecule has 0 bridgehead atoms. The molecular formula is C10H19ClO3S. The third kappa shape index (κ3) is 6.38. The van der Waals surface area contributed by atoms with Crippen LogP contribution in [-0.4, -0.2) is 27.4 Å². The van der Waals surface area contributed by atoms with Gasteiger partial charge in [-0.3, -0.25) is 0 Å². The van der Waals surface area contributed by atoms with Gasteiger partial charge in [0.25, 0.3) is 0 Å². The van der Waals surface area contributed by atoms with E-state index in [0.29, 0.717) is 25.0 Å². The highest BCUT2D eigenvalue weighted by Crippen LogP contribution is 2.38. The van der Waals surface area contributed by atoms with Gasteiger partial charge >= 0.3 is 0 Å². The van der Waals surface area contributed by atoms with Crippen molar-refractivity contribution in [2.45, 2.75) is 26.7 Å². The molecule has 1 rings (SSSR count). The van der Waals surface area contributed by atoms with E-state index in [9.17, 15) is 8.42 Å². The van der Waals surface area contributed by atoms with Crippen LogP contribution in [0, 0.1) is 17.8 Å². The predicted molar refractivity (Wildman–Crippen MR) is 61.5 cm³/mol. The molecule has 1 aliphatic carbocycles. The Hall–Kier alpha value is 0.200. The van der Waals surface area contributed by atoms with Gasteiger partial charge in [0.2, 0.25) is 9.05 Å². The fraction of sp³-hybridized carbons (Fsp3) is 1.00. The summed E-state index contributed by atoms with van der Waals surface area (Å²) >= 11 is 0. The van der Waals surface area contributed by atoms with Crippen LogP contribution >= 0.6 is 10.7 Å². The molecule has 0 aromatic rings. The van der Waals surface area contributed by atoms with Crippen LogP contribution in [0.4, 0.5) is 0 Å². The normalized spacial score (nSPS) is 19.5. The first kappa shape index (κ1) is 13.3. The second-order valence-electron chi connectivity index (χ2n) is 4.73. The number of hydrogen-bond donors (Lipinski definition) is 0. The fourth-order valence-corrected chi connectivity index (χ4v) is 2.96. The number of hydrogen-bond acceptors (Lipinski definition) is 3. The highest BCUT2D eigenvalue weighted by atomic mass is 35.7. The van der Waals surface area contributed by atoms with Gasteiger partial charge in [-0.05, 0) is 24.7 Å². The lowest BCUT2D eigenvalue weighted by molar-refractivity contribution is 0.0793. The molecule has 1 saturated carbocycles. The van der Waals surface area contributed by atoms with Crippen molar-refractivity contribution in [1.82, 2.24) is 0 Å². The Morgan fingerprint density at radius 1 is 1.33 bits per heavy atom. The van der Waals surface area contributed by atoms with Gasteiger partial charge in [0.1, 0.15) is 0 Å². The van der Waals surface area contributed by atoms with Crippen LogP contribution < -0.4 is 0 Å². The number of ether oxygens (including phenoxy) is 1. The molecule has 1 unspecified atom stereocenters. The van der Waals surface area contributed by atoms with E-state index in [1.54, 1.807) is 0 Å². The van der Waals surface area contributed by atoms with E-state index in [1.165, 1.54) is 0 Å².